The van der Waals surface area contributed by atoms with Crippen molar-refractivity contribution in [1.29, 1.82) is 0 Å². The van der Waals surface area contributed by atoms with E-state index in [0.29, 0.717) is 35.7 Å². The number of amides is 2. The molecule has 1 aliphatic rings. The molecule has 8 nitrogen and oxygen atoms in total. The lowest BCUT2D eigenvalue weighted by Crippen LogP contribution is -2.39. The van der Waals surface area contributed by atoms with E-state index in [4.69, 9.17) is 21.7 Å². The van der Waals surface area contributed by atoms with Gasteiger partial charge in [0.15, 0.2) is 5.11 Å². The molecular weight excluding hydrogens is 521 g/mol. The number of rotatable bonds is 10. The summed E-state index contributed by atoms with van der Waals surface area (Å²) in [5, 5.41) is 3.06. The summed E-state index contributed by atoms with van der Waals surface area (Å²) < 4.78 is 23.5. The minimum absolute atomic E-state index is 0.133. The Morgan fingerprint density at radius 2 is 1.67 bits per heavy atom. The molecule has 3 aromatic rings. The zero-order valence-corrected chi connectivity index (χ0v) is 22.4. The first-order chi connectivity index (χ1) is 18.8. The van der Waals surface area contributed by atoms with E-state index in [2.05, 4.69) is 5.32 Å². The maximum Gasteiger partial charge on any atom is 0.338 e. The van der Waals surface area contributed by atoms with Crippen LogP contribution in [0.4, 0.5) is 15.8 Å². The fourth-order valence-corrected chi connectivity index (χ4v) is 4.66. The van der Waals surface area contributed by atoms with Crippen molar-refractivity contribution >= 4 is 46.5 Å². The lowest BCUT2D eigenvalue weighted by atomic mass is 10.1. The van der Waals surface area contributed by atoms with Gasteiger partial charge in [-0.2, -0.15) is 0 Å². The molecular formula is C29H28FN3O5S. The van der Waals surface area contributed by atoms with Gasteiger partial charge < -0.3 is 19.7 Å². The largest absolute Gasteiger partial charge is 0.497 e. The molecule has 1 aliphatic heterocycles. The van der Waals surface area contributed by atoms with Crippen LogP contribution in [0.5, 0.6) is 5.75 Å². The first-order valence-corrected chi connectivity index (χ1v) is 12.8. The van der Waals surface area contributed by atoms with Gasteiger partial charge in [-0.1, -0.05) is 12.1 Å². The summed E-state index contributed by atoms with van der Waals surface area (Å²) in [6.45, 7) is 2.31. The molecule has 0 spiro atoms. The molecule has 1 atom stereocenters. The Hall–Kier alpha value is -4.31. The van der Waals surface area contributed by atoms with Gasteiger partial charge in [-0.05, 0) is 91.8 Å². The third-order valence-corrected chi connectivity index (χ3v) is 6.68. The number of nitrogens with zero attached hydrogens (tertiary/aromatic N) is 2. The van der Waals surface area contributed by atoms with E-state index in [1.54, 1.807) is 79.6 Å². The average Bonchev–Trinajstić information content (AvgIpc) is 3.17. The minimum atomic E-state index is -0.846. The second-order valence-electron chi connectivity index (χ2n) is 8.79. The number of esters is 1. The number of nitrogens with one attached hydrogen (secondary N) is 1. The van der Waals surface area contributed by atoms with E-state index in [-0.39, 0.29) is 35.8 Å². The van der Waals surface area contributed by atoms with Gasteiger partial charge in [0.2, 0.25) is 5.91 Å². The third kappa shape index (κ3) is 6.58. The Morgan fingerprint density at radius 1 is 1.00 bits per heavy atom. The number of halogens is 1. The average molecular weight is 550 g/mol. The summed E-state index contributed by atoms with van der Waals surface area (Å²) >= 11 is 5.70. The van der Waals surface area contributed by atoms with Crippen LogP contribution in [-0.2, 0) is 20.7 Å². The molecule has 4 rings (SSSR count). The molecule has 0 radical (unpaired) electrons. The third-order valence-electron chi connectivity index (χ3n) is 6.26. The van der Waals surface area contributed by atoms with Crippen molar-refractivity contribution < 1.29 is 28.2 Å². The van der Waals surface area contributed by atoms with Gasteiger partial charge in [0.05, 0.1) is 31.4 Å². The molecule has 0 aliphatic carbocycles. The molecule has 202 valence electrons. The van der Waals surface area contributed by atoms with Crippen molar-refractivity contribution in [3.63, 3.8) is 0 Å². The highest BCUT2D eigenvalue weighted by atomic mass is 32.1. The van der Waals surface area contributed by atoms with E-state index in [1.807, 2.05) is 0 Å². The fourth-order valence-electron chi connectivity index (χ4n) is 4.25. The number of thiocarbonyl (C=S) groups is 1. The van der Waals surface area contributed by atoms with Gasteiger partial charge >= 0.3 is 5.97 Å². The number of benzene rings is 3. The first-order valence-electron chi connectivity index (χ1n) is 12.4. The number of hydrogen-bond acceptors (Lipinski definition) is 6. The fraction of sp³-hybridized carbons (Fsp3) is 0.241. The lowest BCUT2D eigenvalue weighted by Gasteiger charge is -2.24. The SMILES string of the molecule is CCOC(=O)c1ccc(N2C(=O)[C@@H](CC(=O)Nc3ccc(OC)cc3)N(CCc3ccc(F)cc3)C2=S)cc1. The van der Waals surface area contributed by atoms with Gasteiger partial charge in [-0.25, -0.2) is 9.18 Å². The molecule has 1 heterocycles. The smallest absolute Gasteiger partial charge is 0.338 e. The minimum Gasteiger partial charge on any atom is -0.497 e. The number of hydrogen-bond donors (Lipinski definition) is 1. The van der Waals surface area contributed by atoms with E-state index in [1.165, 1.54) is 17.0 Å². The Morgan fingerprint density at radius 3 is 2.28 bits per heavy atom. The summed E-state index contributed by atoms with van der Waals surface area (Å²) in [7, 11) is 1.55. The number of ether oxygens (including phenoxy) is 2. The van der Waals surface area contributed by atoms with Crippen molar-refractivity contribution in [3.05, 3.63) is 89.7 Å². The van der Waals surface area contributed by atoms with Crippen molar-refractivity contribution in [2.24, 2.45) is 0 Å². The van der Waals surface area contributed by atoms with Crippen LogP contribution in [0.2, 0.25) is 0 Å². The van der Waals surface area contributed by atoms with Crippen LogP contribution in [0.3, 0.4) is 0 Å². The van der Waals surface area contributed by atoms with E-state index < -0.39 is 12.0 Å². The Kier molecular flexibility index (Phi) is 8.88. The molecule has 0 bridgehead atoms. The van der Waals surface area contributed by atoms with Gasteiger partial charge in [0.1, 0.15) is 17.6 Å². The topological polar surface area (TPSA) is 88.2 Å². The first kappa shape index (κ1) is 27.7. The normalized spacial score (nSPS) is 14.9. The van der Waals surface area contributed by atoms with Crippen LogP contribution in [0, 0.1) is 5.82 Å². The molecule has 1 fully saturated rings. The van der Waals surface area contributed by atoms with Gasteiger partial charge in [0.25, 0.3) is 5.91 Å². The zero-order chi connectivity index (χ0) is 27.9. The summed E-state index contributed by atoms with van der Waals surface area (Å²) in [6.07, 6.45) is 0.353. The molecule has 0 aromatic heterocycles. The Labute approximate surface area is 231 Å². The standard InChI is InChI=1S/C29H28FN3O5S/c1-3-38-28(36)20-6-12-23(13-7-20)33-27(35)25(18-26(34)31-22-10-14-24(37-2)15-11-22)32(29(33)39)17-16-19-4-8-21(30)9-5-19/h4-15,25H,3,16-18H2,1-2H3,(H,31,34)/t25-/m1/s1. The summed E-state index contributed by atoms with van der Waals surface area (Å²) in [5.41, 5.74) is 2.26. The lowest BCUT2D eigenvalue weighted by molar-refractivity contribution is -0.124. The van der Waals surface area contributed by atoms with Gasteiger partial charge in [-0.15, -0.1) is 0 Å². The highest BCUT2D eigenvalue weighted by molar-refractivity contribution is 7.80. The van der Waals surface area contributed by atoms with Crippen LogP contribution in [0.25, 0.3) is 0 Å². The quantitative estimate of drug-likeness (QED) is 0.293. The highest BCUT2D eigenvalue weighted by Gasteiger charge is 2.44. The van der Waals surface area contributed by atoms with E-state index >= 15 is 0 Å². The molecule has 2 amide bonds. The van der Waals surface area contributed by atoms with Gasteiger partial charge in [-0.3, -0.25) is 14.5 Å². The van der Waals surface area contributed by atoms with Crippen molar-refractivity contribution in [3.8, 4) is 5.75 Å². The number of methoxy groups -OCH3 is 1. The van der Waals surface area contributed by atoms with Crippen LogP contribution in [0.15, 0.2) is 72.8 Å². The molecule has 39 heavy (non-hydrogen) atoms. The molecule has 0 unspecified atom stereocenters. The van der Waals surface area contributed by atoms with Gasteiger partial charge in [0, 0.05) is 12.2 Å². The zero-order valence-electron chi connectivity index (χ0n) is 21.6. The van der Waals surface area contributed by atoms with Crippen molar-refractivity contribution in [2.75, 3.05) is 30.5 Å². The predicted octanol–water partition coefficient (Wildman–Crippen LogP) is 4.58. The van der Waals surface area contributed by atoms with E-state index in [0.717, 1.165) is 5.56 Å². The van der Waals surface area contributed by atoms with Crippen LogP contribution in [0.1, 0.15) is 29.3 Å². The number of carbonyl (C=O) groups excluding carboxylic acids is 3. The molecule has 1 saturated heterocycles. The number of carbonyl (C=O) groups is 3. The van der Waals surface area contributed by atoms with Crippen LogP contribution in [-0.4, -0.2) is 54.1 Å². The second-order valence-corrected chi connectivity index (χ2v) is 9.16. The van der Waals surface area contributed by atoms with E-state index in [9.17, 15) is 18.8 Å². The Bertz CT molecular complexity index is 1350. The molecule has 10 heteroatoms. The molecule has 1 N–H and O–H groups in total. The predicted molar refractivity (Wildman–Crippen MR) is 149 cm³/mol. The van der Waals surface area contributed by atoms with Crippen molar-refractivity contribution in [2.45, 2.75) is 25.8 Å². The summed E-state index contributed by atoms with van der Waals surface area (Å²) in [6, 6.07) is 18.5. The highest BCUT2D eigenvalue weighted by Crippen LogP contribution is 2.28. The monoisotopic (exact) mass is 549 g/mol. The second kappa shape index (κ2) is 12.5. The van der Waals surface area contributed by atoms with Crippen LogP contribution < -0.4 is 15.0 Å². The summed E-state index contributed by atoms with van der Waals surface area (Å²) in [5.74, 6) is -0.856. The maximum atomic E-state index is 13.6. The number of anilines is 2. The molecule has 0 saturated carbocycles. The molecule has 3 aromatic carbocycles. The Balaban J connectivity index is 1.54. The van der Waals surface area contributed by atoms with Crippen molar-refractivity contribution in [1.82, 2.24) is 4.90 Å². The summed E-state index contributed by atoms with van der Waals surface area (Å²) in [4.78, 5) is 41.8. The van der Waals surface area contributed by atoms with Crippen LogP contribution >= 0.6 is 12.2 Å². The maximum absolute atomic E-state index is 13.6.